The Morgan fingerprint density at radius 2 is 1.50 bits per heavy atom. The Labute approximate surface area is 332 Å². The van der Waals surface area contributed by atoms with Gasteiger partial charge in [0.1, 0.15) is 17.9 Å². The summed E-state index contributed by atoms with van der Waals surface area (Å²) >= 11 is 0. The molecule has 0 radical (unpaired) electrons. The minimum Gasteiger partial charge on any atom is -0.493 e. The fourth-order valence-corrected chi connectivity index (χ4v) is 7.01. The van der Waals surface area contributed by atoms with Crippen LogP contribution in [0.15, 0.2) is 54.6 Å². The van der Waals surface area contributed by atoms with Crippen LogP contribution in [0.25, 0.3) is 0 Å². The van der Waals surface area contributed by atoms with Crippen LogP contribution in [0.1, 0.15) is 94.4 Å². The Hall–Kier alpha value is -5.13. The molecule has 2 amide bonds. The van der Waals surface area contributed by atoms with Crippen LogP contribution in [0.5, 0.6) is 34.5 Å². The van der Waals surface area contributed by atoms with Crippen molar-refractivity contribution in [2.45, 2.75) is 90.2 Å². The highest BCUT2D eigenvalue weighted by Gasteiger charge is 2.38. The molecule has 306 valence electrons. The molecule has 1 N–H and O–H groups in total. The molecule has 4 atom stereocenters. The van der Waals surface area contributed by atoms with E-state index in [1.165, 1.54) is 21.3 Å². The largest absolute Gasteiger partial charge is 0.493 e. The number of methoxy groups -OCH3 is 5. The Kier molecular flexibility index (Phi) is 17.0. The fraction of sp³-hybridized carbons (Fsp3) is 0.523. The van der Waals surface area contributed by atoms with Gasteiger partial charge in [0.25, 0.3) is 5.91 Å². The Bertz CT molecular complexity index is 1720. The third-order valence-electron chi connectivity index (χ3n) is 10.5. The van der Waals surface area contributed by atoms with E-state index >= 15 is 0 Å². The maximum atomic E-state index is 14.4. The van der Waals surface area contributed by atoms with Gasteiger partial charge in [0.15, 0.2) is 29.6 Å². The van der Waals surface area contributed by atoms with Gasteiger partial charge in [0.2, 0.25) is 11.7 Å². The topological polar surface area (TPSA) is 131 Å². The second-order valence-corrected chi connectivity index (χ2v) is 14.1. The lowest BCUT2D eigenvalue weighted by Crippen LogP contribution is -2.50. The molecular formula is C44H60N2O10. The normalized spacial score (nSPS) is 15.5. The molecule has 4 rings (SSSR count). The van der Waals surface area contributed by atoms with Crippen molar-refractivity contribution in [1.29, 1.82) is 0 Å². The van der Waals surface area contributed by atoms with E-state index < -0.39 is 24.0 Å². The number of ether oxygens (including phenoxy) is 7. The summed E-state index contributed by atoms with van der Waals surface area (Å²) in [6.07, 6.45) is 4.79. The minimum atomic E-state index is -0.769. The third-order valence-corrected chi connectivity index (χ3v) is 10.5. The quantitative estimate of drug-likeness (QED) is 0.109. The summed E-state index contributed by atoms with van der Waals surface area (Å²) in [5, 5.41) is 2.92. The van der Waals surface area contributed by atoms with Crippen LogP contribution in [-0.2, 0) is 25.5 Å². The van der Waals surface area contributed by atoms with Crippen LogP contribution in [0.2, 0.25) is 0 Å². The molecule has 0 bridgehead atoms. The maximum absolute atomic E-state index is 14.4. The first-order valence-corrected chi connectivity index (χ1v) is 19.6. The van der Waals surface area contributed by atoms with Crippen LogP contribution in [0, 0.1) is 5.92 Å². The fourth-order valence-electron chi connectivity index (χ4n) is 7.01. The summed E-state index contributed by atoms with van der Waals surface area (Å²) in [6, 6.07) is 15.8. The summed E-state index contributed by atoms with van der Waals surface area (Å²) < 4.78 is 39.9. The third kappa shape index (κ3) is 11.5. The van der Waals surface area contributed by atoms with Gasteiger partial charge in [-0.3, -0.25) is 9.59 Å². The molecule has 12 heteroatoms. The highest BCUT2D eigenvalue weighted by Crippen LogP contribution is 2.41. The molecule has 1 aliphatic rings. The number of likely N-dealkylation sites (tertiary alicyclic amines) is 1. The Morgan fingerprint density at radius 3 is 2.14 bits per heavy atom. The van der Waals surface area contributed by atoms with Crippen molar-refractivity contribution in [1.82, 2.24) is 10.2 Å². The molecule has 12 nitrogen and oxygen atoms in total. The minimum absolute atomic E-state index is 0.135. The van der Waals surface area contributed by atoms with Gasteiger partial charge in [0, 0.05) is 13.1 Å². The second kappa shape index (κ2) is 21.8. The average Bonchev–Trinajstić information content (AvgIpc) is 3.23. The van der Waals surface area contributed by atoms with E-state index in [9.17, 15) is 14.4 Å². The van der Waals surface area contributed by atoms with Gasteiger partial charge in [-0.25, -0.2) is 4.79 Å². The van der Waals surface area contributed by atoms with E-state index in [-0.39, 0.29) is 18.4 Å². The predicted molar refractivity (Wildman–Crippen MR) is 214 cm³/mol. The lowest BCUT2D eigenvalue weighted by Gasteiger charge is -2.37. The Balaban J connectivity index is 1.58. The molecule has 1 saturated heterocycles. The van der Waals surface area contributed by atoms with Gasteiger partial charge in [-0.15, -0.1) is 0 Å². The molecule has 1 heterocycles. The number of nitrogens with one attached hydrogen (secondary N) is 1. The molecular weight excluding hydrogens is 716 g/mol. The number of benzene rings is 3. The first-order chi connectivity index (χ1) is 27.1. The molecule has 0 saturated carbocycles. The predicted octanol–water partition coefficient (Wildman–Crippen LogP) is 7.45. The average molecular weight is 777 g/mol. The molecule has 0 aliphatic carbocycles. The second-order valence-electron chi connectivity index (χ2n) is 14.1. The van der Waals surface area contributed by atoms with Crippen molar-refractivity contribution >= 4 is 17.8 Å². The highest BCUT2D eigenvalue weighted by molar-refractivity contribution is 5.89. The summed E-state index contributed by atoms with van der Waals surface area (Å²) in [5.41, 5.74) is 2.39. The first kappa shape index (κ1) is 43.6. The highest BCUT2D eigenvalue weighted by atomic mass is 16.5. The summed E-state index contributed by atoms with van der Waals surface area (Å²) in [7, 11) is 7.79. The van der Waals surface area contributed by atoms with E-state index in [4.69, 9.17) is 33.2 Å². The number of aryl methyl sites for hydroxylation is 1. The standard InChI is InChI=1S/C44H60N2O10/c1-9-29(3)21-22-45-41(47)28-55-33-15-13-14-31(25-33)36(19-17-30-18-20-37(50-4)38(24-30)51-5)56-44(49)35-16-11-12-23-46(35)43(48)34(10-2)32-26-39(52-6)42(54-8)40(27-32)53-7/h13-15,18,20,24-27,29,34-36H,9-12,16-17,19,21-23,28H2,1-8H3,(H,45,47)/t29?,34-,35-,36?/m0/s1. The molecule has 3 aromatic rings. The monoisotopic (exact) mass is 776 g/mol. The smallest absolute Gasteiger partial charge is 0.329 e. The molecule has 0 spiro atoms. The van der Waals surface area contributed by atoms with Gasteiger partial charge >= 0.3 is 5.97 Å². The number of amides is 2. The van der Waals surface area contributed by atoms with Crippen LogP contribution in [0.4, 0.5) is 0 Å². The summed E-state index contributed by atoms with van der Waals surface area (Å²) in [5.74, 6) is 2.18. The van der Waals surface area contributed by atoms with Crippen molar-refractivity contribution in [3.05, 3.63) is 71.3 Å². The number of hydrogen-bond donors (Lipinski definition) is 1. The van der Waals surface area contributed by atoms with Gasteiger partial charge in [-0.05, 0) is 104 Å². The van der Waals surface area contributed by atoms with Gasteiger partial charge in [-0.2, -0.15) is 0 Å². The van der Waals surface area contributed by atoms with Crippen molar-refractivity contribution < 1.29 is 47.5 Å². The number of carbonyl (C=O) groups is 3. The Morgan fingerprint density at radius 1 is 0.786 bits per heavy atom. The van der Waals surface area contributed by atoms with Crippen molar-refractivity contribution in [3.8, 4) is 34.5 Å². The van der Waals surface area contributed by atoms with E-state index in [0.29, 0.717) is 90.3 Å². The van der Waals surface area contributed by atoms with Gasteiger partial charge < -0.3 is 43.4 Å². The number of nitrogens with zero attached hydrogens (tertiary/aromatic N) is 1. The molecule has 0 aromatic heterocycles. The van der Waals surface area contributed by atoms with Crippen molar-refractivity contribution in [3.63, 3.8) is 0 Å². The molecule has 56 heavy (non-hydrogen) atoms. The lowest BCUT2D eigenvalue weighted by atomic mass is 9.91. The number of piperidine rings is 1. The number of rotatable bonds is 21. The first-order valence-electron chi connectivity index (χ1n) is 19.6. The number of carbonyl (C=O) groups excluding carboxylic acids is 3. The zero-order chi connectivity index (χ0) is 40.6. The van der Waals surface area contributed by atoms with Crippen LogP contribution in [0.3, 0.4) is 0 Å². The zero-order valence-electron chi connectivity index (χ0n) is 34.3. The molecule has 2 unspecified atom stereocenters. The van der Waals surface area contributed by atoms with Crippen LogP contribution >= 0.6 is 0 Å². The van der Waals surface area contributed by atoms with Crippen LogP contribution in [-0.4, -0.2) is 84.0 Å². The van der Waals surface area contributed by atoms with E-state index in [1.54, 1.807) is 43.4 Å². The molecule has 1 aliphatic heterocycles. The summed E-state index contributed by atoms with van der Waals surface area (Å²) in [6.45, 7) is 7.12. The van der Waals surface area contributed by atoms with Crippen molar-refractivity contribution in [2.75, 3.05) is 55.2 Å². The van der Waals surface area contributed by atoms with E-state index in [1.807, 2.05) is 37.3 Å². The molecule has 3 aromatic carbocycles. The maximum Gasteiger partial charge on any atom is 0.329 e. The summed E-state index contributed by atoms with van der Waals surface area (Å²) in [4.78, 5) is 42.9. The van der Waals surface area contributed by atoms with Crippen molar-refractivity contribution in [2.24, 2.45) is 5.92 Å². The van der Waals surface area contributed by atoms with E-state index in [0.717, 1.165) is 31.2 Å². The van der Waals surface area contributed by atoms with E-state index in [2.05, 4.69) is 19.2 Å². The zero-order valence-corrected chi connectivity index (χ0v) is 34.3. The van der Waals surface area contributed by atoms with Crippen LogP contribution < -0.4 is 33.7 Å². The lowest BCUT2D eigenvalue weighted by molar-refractivity contribution is -0.162. The van der Waals surface area contributed by atoms with Gasteiger partial charge in [0.05, 0.1) is 41.5 Å². The number of hydrogen-bond acceptors (Lipinski definition) is 10. The SMILES string of the molecule is CCC(C)CCNC(=O)COc1cccc(C(CCc2ccc(OC)c(OC)c2)OC(=O)[C@@H]2CCCCN2C(=O)[C@@H](CC)c2cc(OC)c(OC)c(OC)c2)c1. The van der Waals surface area contributed by atoms with Gasteiger partial charge in [-0.1, -0.05) is 45.4 Å². The number of esters is 1. The molecule has 1 fully saturated rings.